The fourth-order valence-corrected chi connectivity index (χ4v) is 3.77. The Kier molecular flexibility index (Phi) is 4.11. The second-order valence-electron chi connectivity index (χ2n) is 6.08. The topological polar surface area (TPSA) is 29.9 Å². The summed E-state index contributed by atoms with van der Waals surface area (Å²) in [4.78, 5) is 0. The van der Waals surface area contributed by atoms with Crippen molar-refractivity contribution in [2.75, 3.05) is 7.05 Å². The van der Waals surface area contributed by atoms with Crippen LogP contribution in [0.5, 0.6) is 0 Å². The average molecular weight is 283 g/mol. The predicted octanol–water partition coefficient (Wildman–Crippen LogP) is 3.68. The zero-order chi connectivity index (χ0) is 14.7. The molecule has 0 aliphatic heterocycles. The Bertz CT molecular complexity index is 569. The van der Waals surface area contributed by atoms with E-state index in [4.69, 9.17) is 0 Å². The average Bonchev–Trinajstić information content (AvgIpc) is 2.92. The fourth-order valence-electron chi connectivity index (χ4n) is 3.77. The van der Waals surface area contributed by atoms with Gasteiger partial charge in [-0.3, -0.25) is 4.68 Å². The molecule has 0 saturated heterocycles. The summed E-state index contributed by atoms with van der Waals surface area (Å²) in [7, 11) is 2.08. The van der Waals surface area contributed by atoms with Gasteiger partial charge in [-0.25, -0.2) is 0 Å². The van der Waals surface area contributed by atoms with Crippen LogP contribution in [0.15, 0.2) is 42.6 Å². The SMILES string of the molecule is CCCn1nccc1C(NC)C1(c2ccccc2)CCC1. The van der Waals surface area contributed by atoms with Crippen LogP contribution >= 0.6 is 0 Å². The molecule has 0 spiro atoms. The normalized spacial score (nSPS) is 18.2. The van der Waals surface area contributed by atoms with Crippen molar-refractivity contribution in [2.24, 2.45) is 0 Å². The van der Waals surface area contributed by atoms with Crippen LogP contribution in [0.4, 0.5) is 0 Å². The first-order chi connectivity index (χ1) is 10.3. The number of nitrogens with zero attached hydrogens (tertiary/aromatic N) is 2. The fraction of sp³-hybridized carbons (Fsp3) is 0.500. The van der Waals surface area contributed by atoms with E-state index in [0.717, 1.165) is 13.0 Å². The molecule has 21 heavy (non-hydrogen) atoms. The van der Waals surface area contributed by atoms with E-state index < -0.39 is 0 Å². The van der Waals surface area contributed by atoms with Crippen molar-refractivity contribution in [3.63, 3.8) is 0 Å². The molecule has 1 unspecified atom stereocenters. The van der Waals surface area contributed by atoms with Crippen molar-refractivity contribution >= 4 is 0 Å². The first-order valence-corrected chi connectivity index (χ1v) is 8.06. The van der Waals surface area contributed by atoms with Gasteiger partial charge in [0.25, 0.3) is 0 Å². The first kappa shape index (κ1) is 14.3. The first-order valence-electron chi connectivity index (χ1n) is 8.06. The largest absolute Gasteiger partial charge is 0.311 e. The van der Waals surface area contributed by atoms with Crippen LogP contribution in [0.2, 0.25) is 0 Å². The molecule has 3 heteroatoms. The number of nitrogens with one attached hydrogen (secondary N) is 1. The van der Waals surface area contributed by atoms with E-state index in [-0.39, 0.29) is 5.41 Å². The summed E-state index contributed by atoms with van der Waals surface area (Å²) in [5.41, 5.74) is 3.00. The van der Waals surface area contributed by atoms with Gasteiger partial charge in [0.05, 0.1) is 11.7 Å². The van der Waals surface area contributed by atoms with E-state index in [2.05, 4.69) is 65.5 Å². The van der Waals surface area contributed by atoms with Crippen LogP contribution in [-0.2, 0) is 12.0 Å². The Morgan fingerprint density at radius 3 is 2.57 bits per heavy atom. The molecule has 0 radical (unpaired) electrons. The molecule has 1 aliphatic rings. The van der Waals surface area contributed by atoms with E-state index in [0.29, 0.717) is 6.04 Å². The van der Waals surface area contributed by atoms with E-state index in [1.165, 1.54) is 30.5 Å². The zero-order valence-corrected chi connectivity index (χ0v) is 13.0. The lowest BCUT2D eigenvalue weighted by molar-refractivity contribution is 0.168. The second kappa shape index (κ2) is 6.02. The van der Waals surface area contributed by atoms with Crippen LogP contribution in [0.25, 0.3) is 0 Å². The molecule has 1 heterocycles. The van der Waals surface area contributed by atoms with Gasteiger partial charge in [0.15, 0.2) is 0 Å². The highest BCUT2D eigenvalue weighted by Gasteiger charge is 2.46. The van der Waals surface area contributed by atoms with Gasteiger partial charge in [-0.2, -0.15) is 5.10 Å². The van der Waals surface area contributed by atoms with Gasteiger partial charge >= 0.3 is 0 Å². The summed E-state index contributed by atoms with van der Waals surface area (Å²) < 4.78 is 2.17. The van der Waals surface area contributed by atoms with Crippen LogP contribution in [0.3, 0.4) is 0 Å². The highest BCUT2D eigenvalue weighted by atomic mass is 15.3. The van der Waals surface area contributed by atoms with Gasteiger partial charge in [0.1, 0.15) is 0 Å². The van der Waals surface area contributed by atoms with Gasteiger partial charge < -0.3 is 5.32 Å². The van der Waals surface area contributed by atoms with E-state index in [9.17, 15) is 0 Å². The maximum atomic E-state index is 4.52. The van der Waals surface area contributed by atoms with Gasteiger partial charge in [-0.15, -0.1) is 0 Å². The van der Waals surface area contributed by atoms with E-state index >= 15 is 0 Å². The molecular weight excluding hydrogens is 258 g/mol. The summed E-state index contributed by atoms with van der Waals surface area (Å²) in [5.74, 6) is 0. The molecule has 1 aromatic heterocycles. The maximum Gasteiger partial charge on any atom is 0.0587 e. The Morgan fingerprint density at radius 1 is 1.24 bits per heavy atom. The third-order valence-corrected chi connectivity index (χ3v) is 4.92. The molecule has 2 aromatic rings. The maximum absolute atomic E-state index is 4.52. The molecule has 1 fully saturated rings. The molecule has 0 bridgehead atoms. The standard InChI is InChI=1S/C18H25N3/c1-3-14-21-16(10-13-20-21)17(19-2)18(11-7-12-18)15-8-5-4-6-9-15/h4-6,8-10,13,17,19H,3,7,11-12,14H2,1-2H3. The Labute approximate surface area is 127 Å². The molecule has 1 aliphatic carbocycles. The number of hydrogen-bond acceptors (Lipinski definition) is 2. The van der Waals surface area contributed by atoms with E-state index in [1.54, 1.807) is 0 Å². The molecule has 1 aromatic carbocycles. The summed E-state index contributed by atoms with van der Waals surface area (Å²) in [5, 5.41) is 8.10. The molecule has 1 N–H and O–H groups in total. The highest BCUT2D eigenvalue weighted by Crippen LogP contribution is 2.51. The highest BCUT2D eigenvalue weighted by molar-refractivity contribution is 5.33. The molecular formula is C18H25N3. The quantitative estimate of drug-likeness (QED) is 0.876. The van der Waals surface area contributed by atoms with Crippen molar-refractivity contribution < 1.29 is 0 Å². The minimum absolute atomic E-state index is 0.224. The Hall–Kier alpha value is -1.61. The lowest BCUT2D eigenvalue weighted by Gasteiger charge is -2.48. The van der Waals surface area contributed by atoms with Crippen LogP contribution in [-0.4, -0.2) is 16.8 Å². The van der Waals surface area contributed by atoms with Gasteiger partial charge in [-0.1, -0.05) is 43.7 Å². The van der Waals surface area contributed by atoms with Crippen molar-refractivity contribution in [1.82, 2.24) is 15.1 Å². The minimum atomic E-state index is 0.224. The molecule has 0 amide bonds. The van der Waals surface area contributed by atoms with Gasteiger partial charge in [0.2, 0.25) is 0 Å². The molecule has 112 valence electrons. The Morgan fingerprint density at radius 2 is 2.00 bits per heavy atom. The second-order valence-corrected chi connectivity index (χ2v) is 6.08. The van der Waals surface area contributed by atoms with Crippen molar-refractivity contribution in [3.05, 3.63) is 53.9 Å². The summed E-state index contributed by atoms with van der Waals surface area (Å²) in [6.07, 6.45) is 6.87. The Balaban J connectivity index is 2.00. The summed E-state index contributed by atoms with van der Waals surface area (Å²) in [6.45, 7) is 3.20. The molecule has 1 atom stereocenters. The van der Waals surface area contributed by atoms with Crippen LogP contribution in [0, 0.1) is 0 Å². The molecule has 1 saturated carbocycles. The number of benzene rings is 1. The smallest absolute Gasteiger partial charge is 0.0587 e. The predicted molar refractivity (Wildman–Crippen MR) is 86.3 cm³/mol. The number of aryl methyl sites for hydroxylation is 1. The van der Waals surface area contributed by atoms with Crippen molar-refractivity contribution in [1.29, 1.82) is 0 Å². The number of likely N-dealkylation sites (N-methyl/N-ethyl adjacent to an activating group) is 1. The van der Waals surface area contributed by atoms with Crippen LogP contribution < -0.4 is 5.32 Å². The van der Waals surface area contributed by atoms with E-state index in [1.807, 2.05) is 6.20 Å². The number of aromatic nitrogens is 2. The van der Waals surface area contributed by atoms with Gasteiger partial charge in [-0.05, 0) is 37.9 Å². The third-order valence-electron chi connectivity index (χ3n) is 4.92. The zero-order valence-electron chi connectivity index (χ0n) is 13.0. The lowest BCUT2D eigenvalue weighted by atomic mass is 9.59. The molecule has 3 rings (SSSR count). The lowest BCUT2D eigenvalue weighted by Crippen LogP contribution is -2.46. The minimum Gasteiger partial charge on any atom is -0.311 e. The number of hydrogen-bond donors (Lipinski definition) is 1. The summed E-state index contributed by atoms with van der Waals surface area (Å²) in [6, 6.07) is 13.5. The van der Waals surface area contributed by atoms with Crippen LogP contribution in [0.1, 0.15) is 49.9 Å². The monoisotopic (exact) mass is 283 g/mol. The summed E-state index contributed by atoms with van der Waals surface area (Å²) >= 11 is 0. The molecule has 3 nitrogen and oxygen atoms in total. The van der Waals surface area contributed by atoms with Crippen molar-refractivity contribution in [3.8, 4) is 0 Å². The van der Waals surface area contributed by atoms with Crippen molar-refractivity contribution in [2.45, 2.75) is 50.6 Å². The third kappa shape index (κ3) is 2.40. The van der Waals surface area contributed by atoms with Gasteiger partial charge in [0, 0.05) is 18.2 Å². The number of rotatable bonds is 6.